The standard InChI is InChI=1S/C40H37ClF3N3O3/c1-39(2)22-33(48)38-35(23-39)50-34-13-7-24-6-11-28(21-30(24)37(34)36(38)25-4-8-26(9-5-25)40(42,43)44)49-19-3-15-45-17-18-47-31-14-16-46-32-20-27(41)10-12-29(31)32/h4-14,16,20-21,36,45H,3,15,17-19,22-23H2,1-2H3,(H,46,47). The summed E-state index contributed by atoms with van der Waals surface area (Å²) in [5, 5.41) is 10.3. The van der Waals surface area contributed by atoms with Crippen LogP contribution in [0.4, 0.5) is 18.9 Å². The van der Waals surface area contributed by atoms with E-state index in [0.717, 1.165) is 71.1 Å². The van der Waals surface area contributed by atoms with Gasteiger partial charge < -0.3 is 20.1 Å². The first-order valence-electron chi connectivity index (χ1n) is 16.8. The molecule has 4 aromatic carbocycles. The van der Waals surface area contributed by atoms with Gasteiger partial charge in [-0.05, 0) is 89.3 Å². The Labute approximate surface area is 293 Å². The van der Waals surface area contributed by atoms with Gasteiger partial charge in [0.1, 0.15) is 17.3 Å². The summed E-state index contributed by atoms with van der Waals surface area (Å²) >= 11 is 6.10. The van der Waals surface area contributed by atoms with Gasteiger partial charge in [0, 0.05) is 65.3 Å². The number of carbonyl (C=O) groups is 1. The summed E-state index contributed by atoms with van der Waals surface area (Å²) in [5.41, 5.74) is 2.74. The molecule has 7 rings (SSSR count). The third-order valence-corrected chi connectivity index (χ3v) is 9.58. The molecule has 10 heteroatoms. The Hall–Kier alpha value is -4.60. The van der Waals surface area contributed by atoms with Crippen molar-refractivity contribution in [2.45, 2.75) is 45.2 Å². The highest BCUT2D eigenvalue weighted by Gasteiger charge is 2.43. The Morgan fingerprint density at radius 3 is 2.54 bits per heavy atom. The molecule has 2 N–H and O–H groups in total. The number of ketones is 1. The first kappa shape index (κ1) is 33.9. The molecular weight excluding hydrogens is 663 g/mol. The summed E-state index contributed by atoms with van der Waals surface area (Å²) in [6.07, 6.45) is -1.02. The van der Waals surface area contributed by atoms with Gasteiger partial charge in [-0.2, -0.15) is 13.2 Å². The Bertz CT molecular complexity index is 2110. The number of allylic oxidation sites excluding steroid dienone is 2. The van der Waals surface area contributed by atoms with E-state index in [1.807, 2.05) is 68.4 Å². The number of anilines is 1. The number of fused-ring (bicyclic) bond motifs is 4. The predicted molar refractivity (Wildman–Crippen MR) is 191 cm³/mol. The average molecular weight is 700 g/mol. The van der Waals surface area contributed by atoms with Gasteiger partial charge >= 0.3 is 6.18 Å². The molecule has 5 aromatic rings. The number of nitrogens with one attached hydrogen (secondary N) is 2. The molecular formula is C40H37ClF3N3O3. The Morgan fingerprint density at radius 1 is 0.940 bits per heavy atom. The summed E-state index contributed by atoms with van der Waals surface area (Å²) < 4.78 is 53.1. The van der Waals surface area contributed by atoms with Gasteiger partial charge in [0.05, 0.1) is 17.7 Å². The molecule has 6 nitrogen and oxygen atoms in total. The summed E-state index contributed by atoms with van der Waals surface area (Å²) in [5.74, 6) is 1.25. The number of nitrogens with zero attached hydrogens (tertiary/aromatic N) is 1. The number of rotatable bonds is 10. The maximum atomic E-state index is 13.7. The summed E-state index contributed by atoms with van der Waals surface area (Å²) in [6.45, 7) is 6.79. The highest BCUT2D eigenvalue weighted by molar-refractivity contribution is 6.31. The highest BCUT2D eigenvalue weighted by atomic mass is 35.5. The second-order valence-electron chi connectivity index (χ2n) is 13.7. The molecule has 0 radical (unpaired) electrons. The third-order valence-electron chi connectivity index (χ3n) is 9.34. The van der Waals surface area contributed by atoms with E-state index in [2.05, 4.69) is 15.6 Å². The first-order valence-corrected chi connectivity index (χ1v) is 17.1. The van der Waals surface area contributed by atoms with Crippen molar-refractivity contribution in [2.75, 3.05) is 31.6 Å². The lowest BCUT2D eigenvalue weighted by atomic mass is 9.69. The molecule has 50 heavy (non-hydrogen) atoms. The minimum Gasteiger partial charge on any atom is -0.494 e. The number of ether oxygens (including phenoxy) is 2. The van der Waals surface area contributed by atoms with E-state index in [1.54, 1.807) is 6.20 Å². The summed E-state index contributed by atoms with van der Waals surface area (Å²) in [4.78, 5) is 18.1. The van der Waals surface area contributed by atoms with Crippen molar-refractivity contribution in [3.63, 3.8) is 0 Å². The zero-order chi connectivity index (χ0) is 35.0. The molecule has 0 saturated heterocycles. The van der Waals surface area contributed by atoms with Crippen LogP contribution in [0.3, 0.4) is 0 Å². The van der Waals surface area contributed by atoms with Crippen LogP contribution < -0.4 is 20.1 Å². The van der Waals surface area contributed by atoms with Crippen molar-refractivity contribution in [1.82, 2.24) is 10.3 Å². The van der Waals surface area contributed by atoms with Gasteiger partial charge in [0.25, 0.3) is 0 Å². The fourth-order valence-corrected chi connectivity index (χ4v) is 7.18. The van der Waals surface area contributed by atoms with E-state index in [1.165, 1.54) is 12.1 Å². The maximum absolute atomic E-state index is 13.7. The number of Topliss-reactive ketones (excluding diaryl/α,β-unsaturated/α-hetero) is 1. The van der Waals surface area contributed by atoms with Crippen molar-refractivity contribution in [1.29, 1.82) is 0 Å². The Balaban J connectivity index is 1.05. The monoisotopic (exact) mass is 699 g/mol. The minimum absolute atomic E-state index is 0.0436. The van der Waals surface area contributed by atoms with Crippen LogP contribution in [0.5, 0.6) is 11.5 Å². The fraction of sp³-hybridized carbons (Fsp3) is 0.300. The quantitative estimate of drug-likeness (QED) is 0.142. The molecule has 1 aliphatic heterocycles. The lowest BCUT2D eigenvalue weighted by Crippen LogP contribution is -2.33. The van der Waals surface area contributed by atoms with E-state index >= 15 is 0 Å². The molecule has 1 aliphatic carbocycles. The molecule has 2 heterocycles. The third kappa shape index (κ3) is 7.02. The predicted octanol–water partition coefficient (Wildman–Crippen LogP) is 9.70. The first-order chi connectivity index (χ1) is 24.0. The lowest BCUT2D eigenvalue weighted by molar-refractivity contribution is -0.137. The van der Waals surface area contributed by atoms with Crippen molar-refractivity contribution in [3.05, 3.63) is 118 Å². The van der Waals surface area contributed by atoms with Crippen LogP contribution in [0.15, 0.2) is 96.4 Å². The molecule has 0 bridgehead atoms. The second-order valence-corrected chi connectivity index (χ2v) is 14.1. The van der Waals surface area contributed by atoms with E-state index in [-0.39, 0.29) is 11.2 Å². The largest absolute Gasteiger partial charge is 0.494 e. The Morgan fingerprint density at radius 2 is 1.74 bits per heavy atom. The summed E-state index contributed by atoms with van der Waals surface area (Å²) in [7, 11) is 0. The van der Waals surface area contributed by atoms with Crippen molar-refractivity contribution >= 4 is 44.7 Å². The highest BCUT2D eigenvalue weighted by Crippen LogP contribution is 2.52. The van der Waals surface area contributed by atoms with Crippen molar-refractivity contribution in [3.8, 4) is 11.5 Å². The molecule has 1 unspecified atom stereocenters. The fourth-order valence-electron chi connectivity index (χ4n) is 7.02. The number of carbonyl (C=O) groups excluding carboxylic acids is 1. The van der Waals surface area contributed by atoms with Crippen LogP contribution in [0.25, 0.3) is 21.7 Å². The van der Waals surface area contributed by atoms with Gasteiger partial charge in [-0.15, -0.1) is 0 Å². The minimum atomic E-state index is -4.46. The zero-order valence-corrected chi connectivity index (χ0v) is 28.5. The molecule has 0 saturated carbocycles. The molecule has 0 amide bonds. The van der Waals surface area contributed by atoms with E-state index in [9.17, 15) is 18.0 Å². The second kappa shape index (κ2) is 13.6. The number of hydrogen-bond donors (Lipinski definition) is 2. The van der Waals surface area contributed by atoms with E-state index in [4.69, 9.17) is 21.1 Å². The van der Waals surface area contributed by atoms with Gasteiger partial charge in [-0.3, -0.25) is 9.78 Å². The van der Waals surface area contributed by atoms with Gasteiger partial charge in [-0.1, -0.05) is 49.7 Å². The molecule has 1 atom stereocenters. The number of hydrogen-bond acceptors (Lipinski definition) is 6. The number of benzene rings is 4. The summed E-state index contributed by atoms with van der Waals surface area (Å²) in [6, 6.07) is 22.4. The molecule has 258 valence electrons. The molecule has 2 aliphatic rings. The topological polar surface area (TPSA) is 72.5 Å². The van der Waals surface area contributed by atoms with Crippen LogP contribution in [0.2, 0.25) is 5.02 Å². The lowest BCUT2D eigenvalue weighted by Gasteiger charge is -2.39. The van der Waals surface area contributed by atoms with Gasteiger partial charge in [0.15, 0.2) is 5.78 Å². The van der Waals surface area contributed by atoms with E-state index < -0.39 is 17.7 Å². The smallest absolute Gasteiger partial charge is 0.416 e. The maximum Gasteiger partial charge on any atom is 0.416 e. The van der Waals surface area contributed by atoms with Crippen molar-refractivity contribution in [2.24, 2.45) is 5.41 Å². The van der Waals surface area contributed by atoms with Crippen LogP contribution in [-0.4, -0.2) is 37.0 Å². The average Bonchev–Trinajstić information content (AvgIpc) is 3.07. The van der Waals surface area contributed by atoms with Crippen molar-refractivity contribution < 1.29 is 27.4 Å². The molecule has 0 fully saturated rings. The van der Waals surface area contributed by atoms with Crippen LogP contribution in [0, 0.1) is 5.41 Å². The van der Waals surface area contributed by atoms with E-state index in [0.29, 0.717) is 52.9 Å². The van der Waals surface area contributed by atoms with Crippen LogP contribution >= 0.6 is 11.6 Å². The number of pyridine rings is 1. The number of aromatic nitrogens is 1. The number of halogens is 4. The normalized spacial score (nSPS) is 17.0. The Kier molecular flexibility index (Phi) is 9.22. The number of alkyl halides is 3. The molecule has 1 aromatic heterocycles. The molecule has 0 spiro atoms. The van der Waals surface area contributed by atoms with Crippen LogP contribution in [0.1, 0.15) is 55.7 Å². The SMILES string of the molecule is CC1(C)CC(=O)C2=C(C1)Oc1ccc3ccc(OCCCNCCNc4ccnc5cc(Cl)ccc45)cc3c1C2c1ccc(C(F)(F)F)cc1. The van der Waals surface area contributed by atoms with Gasteiger partial charge in [-0.25, -0.2) is 0 Å². The van der Waals surface area contributed by atoms with Crippen LogP contribution in [-0.2, 0) is 11.0 Å². The zero-order valence-electron chi connectivity index (χ0n) is 27.8. The van der Waals surface area contributed by atoms with Gasteiger partial charge in [0.2, 0.25) is 0 Å².